The normalized spacial score (nSPS) is 19.9. The molecule has 1 unspecified atom stereocenters. The molecule has 0 aromatic carbocycles. The highest BCUT2D eigenvalue weighted by Gasteiger charge is 2.43. The van der Waals surface area contributed by atoms with Crippen molar-refractivity contribution in [3.63, 3.8) is 0 Å². The molecule has 1 rings (SSSR count). The molecule has 0 aliphatic heterocycles. The molecule has 98 valence electrons. The van der Waals surface area contributed by atoms with Crippen LogP contribution in [0.15, 0.2) is 0 Å². The number of carbonyl (C=O) groups is 2. The lowest BCUT2D eigenvalue weighted by atomic mass is 9.84. The number of rotatable bonds is 5. The fraction of sp³-hybridized carbons (Fsp3) is 0.833. The lowest BCUT2D eigenvalue weighted by Gasteiger charge is -2.34. The van der Waals surface area contributed by atoms with Gasteiger partial charge in [-0.25, -0.2) is 4.79 Å². The molecular formula is C12H22N2O3. The molecule has 0 spiro atoms. The lowest BCUT2D eigenvalue weighted by molar-refractivity contribution is -0.153. The summed E-state index contributed by atoms with van der Waals surface area (Å²) in [5.74, 6) is -1.06. The van der Waals surface area contributed by atoms with Gasteiger partial charge in [0.1, 0.15) is 6.04 Å². The van der Waals surface area contributed by atoms with Crippen LogP contribution in [-0.2, 0) is 9.59 Å². The number of carbonyl (C=O) groups excluding carboxylic acids is 1. The Balaban J connectivity index is 2.83. The Morgan fingerprint density at radius 3 is 2.29 bits per heavy atom. The third-order valence-electron chi connectivity index (χ3n) is 3.86. The molecule has 1 saturated carbocycles. The van der Waals surface area contributed by atoms with E-state index in [1.165, 1.54) is 4.90 Å². The van der Waals surface area contributed by atoms with E-state index in [0.717, 1.165) is 25.7 Å². The second-order valence-corrected chi connectivity index (χ2v) is 4.87. The SMILES string of the molecule is CCC(C(=O)O)N(C)C(=O)C1(CN)CCCC1. The van der Waals surface area contributed by atoms with Gasteiger partial charge >= 0.3 is 5.97 Å². The van der Waals surface area contributed by atoms with Gasteiger partial charge in [0, 0.05) is 13.6 Å². The summed E-state index contributed by atoms with van der Waals surface area (Å²) in [6.45, 7) is 2.08. The number of carboxylic acids is 1. The number of likely N-dealkylation sites (N-methyl/N-ethyl adjacent to an activating group) is 1. The molecule has 0 heterocycles. The van der Waals surface area contributed by atoms with E-state index in [9.17, 15) is 9.59 Å². The average molecular weight is 242 g/mol. The maximum Gasteiger partial charge on any atom is 0.326 e. The molecule has 0 saturated heterocycles. The Labute approximate surface area is 102 Å². The standard InChI is InChI=1S/C12H22N2O3/c1-3-9(10(15)16)14(2)11(17)12(8-13)6-4-5-7-12/h9H,3-8,13H2,1-2H3,(H,15,16). The maximum absolute atomic E-state index is 12.4. The average Bonchev–Trinajstić information content (AvgIpc) is 2.78. The summed E-state index contributed by atoms with van der Waals surface area (Å²) in [7, 11) is 1.57. The van der Waals surface area contributed by atoms with Gasteiger partial charge in [0.05, 0.1) is 5.41 Å². The summed E-state index contributed by atoms with van der Waals surface area (Å²) in [4.78, 5) is 24.8. The van der Waals surface area contributed by atoms with Gasteiger partial charge in [-0.05, 0) is 19.3 Å². The summed E-state index contributed by atoms with van der Waals surface area (Å²) in [5.41, 5.74) is 5.21. The minimum Gasteiger partial charge on any atom is -0.480 e. The predicted molar refractivity (Wildman–Crippen MR) is 64.4 cm³/mol. The zero-order valence-corrected chi connectivity index (χ0v) is 10.6. The van der Waals surface area contributed by atoms with Gasteiger partial charge in [0.15, 0.2) is 0 Å². The monoisotopic (exact) mass is 242 g/mol. The van der Waals surface area contributed by atoms with Crippen molar-refractivity contribution < 1.29 is 14.7 Å². The highest BCUT2D eigenvalue weighted by atomic mass is 16.4. The molecule has 17 heavy (non-hydrogen) atoms. The second-order valence-electron chi connectivity index (χ2n) is 4.87. The van der Waals surface area contributed by atoms with Gasteiger partial charge < -0.3 is 15.7 Å². The summed E-state index contributed by atoms with van der Waals surface area (Å²) in [6.07, 6.45) is 3.98. The van der Waals surface area contributed by atoms with Crippen LogP contribution >= 0.6 is 0 Å². The van der Waals surface area contributed by atoms with Crippen LogP contribution in [0.25, 0.3) is 0 Å². The third-order valence-corrected chi connectivity index (χ3v) is 3.86. The molecular weight excluding hydrogens is 220 g/mol. The van der Waals surface area contributed by atoms with E-state index in [1.807, 2.05) is 0 Å². The van der Waals surface area contributed by atoms with Crippen LogP contribution in [0.1, 0.15) is 39.0 Å². The van der Waals surface area contributed by atoms with Crippen LogP contribution < -0.4 is 5.73 Å². The number of amides is 1. The number of carboxylic acid groups (broad SMARTS) is 1. The third kappa shape index (κ3) is 2.60. The van der Waals surface area contributed by atoms with E-state index in [2.05, 4.69) is 0 Å². The van der Waals surface area contributed by atoms with Crippen molar-refractivity contribution in [3.05, 3.63) is 0 Å². The Morgan fingerprint density at radius 2 is 1.94 bits per heavy atom. The van der Waals surface area contributed by atoms with Gasteiger partial charge in [0.25, 0.3) is 0 Å². The zero-order chi connectivity index (χ0) is 13.1. The summed E-state index contributed by atoms with van der Waals surface area (Å²) in [6, 6.07) is -0.744. The fourth-order valence-corrected chi connectivity index (χ4v) is 2.69. The molecule has 1 fully saturated rings. The van der Waals surface area contributed by atoms with Gasteiger partial charge in [-0.3, -0.25) is 4.79 Å². The molecule has 0 aromatic heterocycles. The first-order chi connectivity index (χ1) is 7.98. The van der Waals surface area contributed by atoms with E-state index < -0.39 is 17.4 Å². The van der Waals surface area contributed by atoms with E-state index in [1.54, 1.807) is 14.0 Å². The number of nitrogens with two attached hydrogens (primary N) is 1. The van der Waals surface area contributed by atoms with Crippen LogP contribution in [0.2, 0.25) is 0 Å². The van der Waals surface area contributed by atoms with Crippen LogP contribution in [-0.4, -0.2) is 41.5 Å². The maximum atomic E-state index is 12.4. The smallest absolute Gasteiger partial charge is 0.326 e. The zero-order valence-electron chi connectivity index (χ0n) is 10.6. The molecule has 1 aliphatic carbocycles. The minimum absolute atomic E-state index is 0.105. The first-order valence-electron chi connectivity index (χ1n) is 6.18. The van der Waals surface area contributed by atoms with Crippen molar-refractivity contribution >= 4 is 11.9 Å². The fourth-order valence-electron chi connectivity index (χ4n) is 2.69. The van der Waals surface area contributed by atoms with Crippen molar-refractivity contribution in [1.82, 2.24) is 4.90 Å². The van der Waals surface area contributed by atoms with Crippen LogP contribution in [0.5, 0.6) is 0 Å². The highest BCUT2D eigenvalue weighted by molar-refractivity contribution is 5.87. The largest absolute Gasteiger partial charge is 0.480 e. The topological polar surface area (TPSA) is 83.6 Å². The molecule has 3 N–H and O–H groups in total. The van der Waals surface area contributed by atoms with E-state index in [0.29, 0.717) is 13.0 Å². The summed E-state index contributed by atoms with van der Waals surface area (Å²) in [5, 5.41) is 9.07. The van der Waals surface area contributed by atoms with E-state index >= 15 is 0 Å². The van der Waals surface area contributed by atoms with E-state index in [4.69, 9.17) is 10.8 Å². The Morgan fingerprint density at radius 1 is 1.41 bits per heavy atom. The summed E-state index contributed by atoms with van der Waals surface area (Å²) >= 11 is 0. The Hall–Kier alpha value is -1.10. The van der Waals surface area contributed by atoms with Crippen molar-refractivity contribution in [2.75, 3.05) is 13.6 Å². The molecule has 0 radical (unpaired) electrons. The van der Waals surface area contributed by atoms with Crippen LogP contribution in [0, 0.1) is 5.41 Å². The molecule has 0 bridgehead atoms. The summed E-state index contributed by atoms with van der Waals surface area (Å²) < 4.78 is 0. The first kappa shape index (κ1) is 14.0. The second kappa shape index (κ2) is 5.49. The van der Waals surface area contributed by atoms with Gasteiger partial charge in [0.2, 0.25) is 5.91 Å². The molecule has 5 heteroatoms. The number of aliphatic carboxylic acids is 1. The number of hydrogen-bond acceptors (Lipinski definition) is 3. The van der Waals surface area contributed by atoms with Crippen molar-refractivity contribution in [1.29, 1.82) is 0 Å². The van der Waals surface area contributed by atoms with Crippen molar-refractivity contribution in [3.8, 4) is 0 Å². The molecule has 5 nitrogen and oxygen atoms in total. The first-order valence-corrected chi connectivity index (χ1v) is 6.18. The Kier molecular flexibility index (Phi) is 4.51. The van der Waals surface area contributed by atoms with Gasteiger partial charge in [-0.15, -0.1) is 0 Å². The number of nitrogens with zero attached hydrogens (tertiary/aromatic N) is 1. The highest BCUT2D eigenvalue weighted by Crippen LogP contribution is 2.39. The lowest BCUT2D eigenvalue weighted by Crippen LogP contribution is -2.51. The number of hydrogen-bond donors (Lipinski definition) is 2. The quantitative estimate of drug-likeness (QED) is 0.748. The van der Waals surface area contributed by atoms with Crippen LogP contribution in [0.4, 0.5) is 0 Å². The predicted octanol–water partition coefficient (Wildman–Crippen LogP) is 0.827. The van der Waals surface area contributed by atoms with Gasteiger partial charge in [-0.1, -0.05) is 19.8 Å². The van der Waals surface area contributed by atoms with Crippen LogP contribution in [0.3, 0.4) is 0 Å². The molecule has 1 amide bonds. The minimum atomic E-state index is -0.950. The molecule has 1 atom stereocenters. The molecule has 0 aromatic rings. The Bertz CT molecular complexity index is 298. The van der Waals surface area contributed by atoms with E-state index in [-0.39, 0.29) is 5.91 Å². The van der Waals surface area contributed by atoms with Crippen molar-refractivity contribution in [2.45, 2.75) is 45.1 Å². The van der Waals surface area contributed by atoms with Crippen molar-refractivity contribution in [2.24, 2.45) is 11.1 Å². The van der Waals surface area contributed by atoms with Gasteiger partial charge in [-0.2, -0.15) is 0 Å². The molecule has 1 aliphatic rings.